The lowest BCUT2D eigenvalue weighted by atomic mass is 9.91. The molecule has 3 aromatic rings. The van der Waals surface area contributed by atoms with E-state index < -0.39 is 6.09 Å². The van der Waals surface area contributed by atoms with E-state index in [1.165, 1.54) is 0 Å². The van der Waals surface area contributed by atoms with E-state index in [1.54, 1.807) is 18.1 Å². The number of methoxy groups -OCH3 is 1. The minimum absolute atomic E-state index is 0.172. The van der Waals surface area contributed by atoms with Crippen molar-refractivity contribution in [2.24, 2.45) is 0 Å². The lowest BCUT2D eigenvalue weighted by Gasteiger charge is -2.38. The average molecular weight is 521 g/mol. The van der Waals surface area contributed by atoms with E-state index in [4.69, 9.17) is 32.7 Å². The maximum atomic E-state index is 13.4. The largest absolute Gasteiger partial charge is 0.495 e. The SMILES string of the molecule is COc1cc(Br)c(Cl)c2c1N(C(=O)OCc1ccccc1)C(c1ccc(Cl)cc1)CC2. The summed E-state index contributed by atoms with van der Waals surface area (Å²) in [6.45, 7) is 0.172. The third-order valence-electron chi connectivity index (χ3n) is 5.35. The summed E-state index contributed by atoms with van der Waals surface area (Å²) in [6, 6.07) is 18.6. The molecule has 31 heavy (non-hydrogen) atoms. The number of amides is 1. The number of carbonyl (C=O) groups excluding carboxylic acids is 1. The van der Waals surface area contributed by atoms with Crippen molar-refractivity contribution in [3.63, 3.8) is 0 Å². The molecule has 0 bridgehead atoms. The van der Waals surface area contributed by atoms with Gasteiger partial charge in [-0.15, -0.1) is 0 Å². The zero-order valence-corrected chi connectivity index (χ0v) is 19.9. The van der Waals surface area contributed by atoms with Crippen molar-refractivity contribution < 1.29 is 14.3 Å². The second kappa shape index (κ2) is 9.51. The molecule has 0 aliphatic carbocycles. The van der Waals surface area contributed by atoms with Crippen LogP contribution in [0.25, 0.3) is 0 Å². The molecule has 1 heterocycles. The molecule has 1 amide bonds. The zero-order chi connectivity index (χ0) is 22.0. The highest BCUT2D eigenvalue weighted by molar-refractivity contribution is 9.10. The Hall–Kier alpha value is -2.21. The van der Waals surface area contributed by atoms with Crippen molar-refractivity contribution in [1.29, 1.82) is 0 Å². The average Bonchev–Trinajstić information content (AvgIpc) is 2.80. The highest BCUT2D eigenvalue weighted by Crippen LogP contribution is 2.49. The predicted molar refractivity (Wildman–Crippen MR) is 127 cm³/mol. The first kappa shape index (κ1) is 22.0. The lowest BCUT2D eigenvalue weighted by molar-refractivity contribution is 0.143. The molecule has 0 saturated carbocycles. The number of halogens is 3. The highest BCUT2D eigenvalue weighted by atomic mass is 79.9. The number of hydrogen-bond acceptors (Lipinski definition) is 3. The van der Waals surface area contributed by atoms with Gasteiger partial charge in [-0.05, 0) is 63.7 Å². The van der Waals surface area contributed by atoms with Crippen molar-refractivity contribution >= 4 is 50.9 Å². The minimum Gasteiger partial charge on any atom is -0.495 e. The van der Waals surface area contributed by atoms with E-state index in [9.17, 15) is 4.79 Å². The van der Waals surface area contributed by atoms with Crippen LogP contribution in [-0.2, 0) is 17.8 Å². The molecule has 4 nitrogen and oxygen atoms in total. The molecular formula is C24H20BrCl2NO3. The highest BCUT2D eigenvalue weighted by Gasteiger charge is 2.37. The molecule has 1 aliphatic heterocycles. The molecular weight excluding hydrogens is 501 g/mol. The van der Waals surface area contributed by atoms with Crippen LogP contribution in [0.1, 0.15) is 29.2 Å². The number of ether oxygens (including phenoxy) is 2. The molecule has 160 valence electrons. The van der Waals surface area contributed by atoms with Crippen LogP contribution in [0.5, 0.6) is 5.75 Å². The monoisotopic (exact) mass is 519 g/mol. The van der Waals surface area contributed by atoms with Crippen LogP contribution in [0.2, 0.25) is 10.0 Å². The van der Waals surface area contributed by atoms with Crippen molar-refractivity contribution in [3.8, 4) is 5.75 Å². The zero-order valence-electron chi connectivity index (χ0n) is 16.8. The van der Waals surface area contributed by atoms with Gasteiger partial charge in [-0.1, -0.05) is 65.7 Å². The van der Waals surface area contributed by atoms with Gasteiger partial charge in [0.15, 0.2) is 0 Å². The van der Waals surface area contributed by atoms with Crippen molar-refractivity contribution in [2.75, 3.05) is 12.0 Å². The summed E-state index contributed by atoms with van der Waals surface area (Å²) in [6.07, 6.45) is 0.926. The maximum absolute atomic E-state index is 13.4. The Labute approximate surface area is 199 Å². The Morgan fingerprint density at radius 2 is 1.84 bits per heavy atom. The van der Waals surface area contributed by atoms with Gasteiger partial charge in [-0.2, -0.15) is 0 Å². The molecule has 0 fully saturated rings. The number of benzene rings is 3. The number of anilines is 1. The Bertz CT molecular complexity index is 1090. The molecule has 0 saturated heterocycles. The summed E-state index contributed by atoms with van der Waals surface area (Å²) in [5.74, 6) is 0.557. The molecule has 0 N–H and O–H groups in total. The summed E-state index contributed by atoms with van der Waals surface area (Å²) < 4.78 is 12.1. The van der Waals surface area contributed by atoms with E-state index in [1.807, 2.05) is 54.6 Å². The van der Waals surface area contributed by atoms with Gasteiger partial charge in [0.1, 0.15) is 12.4 Å². The quantitative estimate of drug-likeness (QED) is 0.355. The molecule has 3 aromatic carbocycles. The van der Waals surface area contributed by atoms with Crippen LogP contribution in [-0.4, -0.2) is 13.2 Å². The normalized spacial score (nSPS) is 15.4. The molecule has 1 unspecified atom stereocenters. The van der Waals surface area contributed by atoms with Gasteiger partial charge < -0.3 is 9.47 Å². The van der Waals surface area contributed by atoms with E-state index in [0.717, 1.165) is 21.2 Å². The first-order valence-electron chi connectivity index (χ1n) is 9.80. The van der Waals surface area contributed by atoms with Crippen LogP contribution in [0.3, 0.4) is 0 Å². The number of carbonyl (C=O) groups is 1. The molecule has 1 aliphatic rings. The Kier molecular flexibility index (Phi) is 6.75. The van der Waals surface area contributed by atoms with Crippen LogP contribution < -0.4 is 9.64 Å². The maximum Gasteiger partial charge on any atom is 0.415 e. The van der Waals surface area contributed by atoms with E-state index in [0.29, 0.717) is 34.3 Å². The standard InChI is InChI=1S/C24H20BrCl2NO3/c1-30-21-13-19(25)22(27)18-11-12-20(16-7-9-17(26)10-8-16)28(23(18)21)24(29)31-14-15-5-3-2-4-6-15/h2-10,13,20H,11-12,14H2,1H3. The Morgan fingerprint density at radius 3 is 2.52 bits per heavy atom. The minimum atomic E-state index is -0.457. The van der Waals surface area contributed by atoms with Crippen LogP contribution in [0.15, 0.2) is 65.1 Å². The predicted octanol–water partition coefficient (Wildman–Crippen LogP) is 7.60. The fourth-order valence-corrected chi connectivity index (χ4v) is 4.68. The molecule has 0 spiro atoms. The van der Waals surface area contributed by atoms with Gasteiger partial charge in [0.05, 0.1) is 23.9 Å². The van der Waals surface area contributed by atoms with E-state index in [2.05, 4.69) is 15.9 Å². The van der Waals surface area contributed by atoms with Crippen molar-refractivity contribution in [3.05, 3.63) is 91.9 Å². The van der Waals surface area contributed by atoms with Gasteiger partial charge in [0, 0.05) is 9.50 Å². The van der Waals surface area contributed by atoms with Gasteiger partial charge in [-0.3, -0.25) is 4.90 Å². The summed E-state index contributed by atoms with van der Waals surface area (Å²) in [5, 5.41) is 1.22. The summed E-state index contributed by atoms with van der Waals surface area (Å²) in [5.41, 5.74) is 3.37. The lowest BCUT2D eigenvalue weighted by Crippen LogP contribution is -2.39. The first-order chi connectivity index (χ1) is 15.0. The second-order valence-electron chi connectivity index (χ2n) is 7.22. The topological polar surface area (TPSA) is 38.8 Å². The van der Waals surface area contributed by atoms with Gasteiger partial charge >= 0.3 is 6.09 Å². The third-order valence-corrected chi connectivity index (χ3v) is 6.89. The number of hydrogen-bond donors (Lipinski definition) is 0. The Morgan fingerprint density at radius 1 is 1.13 bits per heavy atom. The van der Waals surface area contributed by atoms with Crippen LogP contribution >= 0.6 is 39.1 Å². The second-order valence-corrected chi connectivity index (χ2v) is 8.89. The van der Waals surface area contributed by atoms with Gasteiger partial charge in [-0.25, -0.2) is 4.79 Å². The molecule has 0 radical (unpaired) electrons. The molecule has 4 rings (SSSR count). The molecule has 7 heteroatoms. The number of nitrogens with zero attached hydrogens (tertiary/aromatic N) is 1. The van der Waals surface area contributed by atoms with E-state index in [-0.39, 0.29) is 12.6 Å². The van der Waals surface area contributed by atoms with Crippen molar-refractivity contribution in [1.82, 2.24) is 0 Å². The number of fused-ring (bicyclic) bond motifs is 1. The molecule has 0 aromatic heterocycles. The molecule has 1 atom stereocenters. The fraction of sp³-hybridized carbons (Fsp3) is 0.208. The van der Waals surface area contributed by atoms with Gasteiger partial charge in [0.25, 0.3) is 0 Å². The summed E-state index contributed by atoms with van der Waals surface area (Å²) in [7, 11) is 1.58. The summed E-state index contributed by atoms with van der Waals surface area (Å²) in [4.78, 5) is 15.1. The Balaban J connectivity index is 1.76. The van der Waals surface area contributed by atoms with E-state index >= 15 is 0 Å². The van der Waals surface area contributed by atoms with Crippen molar-refractivity contribution in [2.45, 2.75) is 25.5 Å². The summed E-state index contributed by atoms with van der Waals surface area (Å²) >= 11 is 16.2. The fourth-order valence-electron chi connectivity index (χ4n) is 3.87. The third kappa shape index (κ3) is 4.54. The first-order valence-corrected chi connectivity index (χ1v) is 11.3. The van der Waals surface area contributed by atoms with Crippen LogP contribution in [0, 0.1) is 0 Å². The van der Waals surface area contributed by atoms with Crippen LogP contribution in [0.4, 0.5) is 10.5 Å². The van der Waals surface area contributed by atoms with Gasteiger partial charge in [0.2, 0.25) is 0 Å². The smallest absolute Gasteiger partial charge is 0.415 e. The number of rotatable bonds is 4.